The molecule has 102 valence electrons. The maximum atomic E-state index is 10.3. The number of rotatable bonds is 5. The smallest absolute Gasteiger partial charge is 0.203 e. The summed E-state index contributed by atoms with van der Waals surface area (Å²) in [6, 6.07) is 7.46. The Kier molecular flexibility index (Phi) is 4.29. The number of methoxy groups -OCH3 is 3. The minimum Gasteiger partial charge on any atom is -0.504 e. The molecule has 2 aromatic rings. The molecule has 2 rings (SSSR count). The van der Waals surface area contributed by atoms with Crippen LogP contribution in [0.2, 0.25) is 0 Å². The second-order valence-electron chi connectivity index (χ2n) is 3.87. The third-order valence-corrected chi connectivity index (χ3v) is 3.79. The highest BCUT2D eigenvalue weighted by Crippen LogP contribution is 2.44. The van der Waals surface area contributed by atoms with Crippen LogP contribution in [0.15, 0.2) is 29.6 Å². The van der Waals surface area contributed by atoms with Crippen LogP contribution < -0.4 is 9.47 Å². The van der Waals surface area contributed by atoms with Gasteiger partial charge in [0.05, 0.1) is 14.2 Å². The van der Waals surface area contributed by atoms with Gasteiger partial charge < -0.3 is 19.3 Å². The average molecular weight is 280 g/mol. The number of phenols is 1. The van der Waals surface area contributed by atoms with Gasteiger partial charge in [-0.2, -0.15) is 0 Å². The van der Waals surface area contributed by atoms with E-state index in [-0.39, 0.29) is 11.9 Å². The zero-order valence-electron chi connectivity index (χ0n) is 11.0. The Morgan fingerprint density at radius 1 is 1.11 bits per heavy atom. The Morgan fingerprint density at radius 3 is 2.42 bits per heavy atom. The molecule has 1 N–H and O–H groups in total. The molecule has 0 aliphatic rings. The summed E-state index contributed by atoms with van der Waals surface area (Å²) in [5.74, 6) is 0.852. The van der Waals surface area contributed by atoms with Crippen LogP contribution in [-0.2, 0) is 4.74 Å². The first-order valence-corrected chi connectivity index (χ1v) is 6.61. The molecule has 0 bridgehead atoms. The van der Waals surface area contributed by atoms with Crippen LogP contribution in [0.25, 0.3) is 0 Å². The largest absolute Gasteiger partial charge is 0.504 e. The maximum Gasteiger partial charge on any atom is 0.203 e. The summed E-state index contributed by atoms with van der Waals surface area (Å²) in [6.07, 6.45) is -0.320. The van der Waals surface area contributed by atoms with Crippen molar-refractivity contribution >= 4 is 11.3 Å². The SMILES string of the molecule is COc1ccc(C(OC)c2cccs2)c(O)c1OC. The van der Waals surface area contributed by atoms with Crippen molar-refractivity contribution < 1.29 is 19.3 Å². The molecule has 0 aliphatic carbocycles. The van der Waals surface area contributed by atoms with E-state index in [1.54, 1.807) is 30.6 Å². The topological polar surface area (TPSA) is 47.9 Å². The number of thiophene rings is 1. The lowest BCUT2D eigenvalue weighted by atomic mass is 10.1. The fourth-order valence-corrected chi connectivity index (χ4v) is 2.79. The van der Waals surface area contributed by atoms with Gasteiger partial charge in [0, 0.05) is 17.6 Å². The Balaban J connectivity index is 2.50. The van der Waals surface area contributed by atoms with Gasteiger partial charge >= 0.3 is 0 Å². The third-order valence-electron chi connectivity index (χ3n) is 2.87. The minimum atomic E-state index is -0.320. The molecule has 0 amide bonds. The van der Waals surface area contributed by atoms with Crippen LogP contribution in [-0.4, -0.2) is 26.4 Å². The summed E-state index contributed by atoms with van der Waals surface area (Å²) in [5, 5.41) is 12.3. The fraction of sp³-hybridized carbons (Fsp3) is 0.286. The van der Waals surface area contributed by atoms with Crippen LogP contribution in [0, 0.1) is 0 Å². The second kappa shape index (κ2) is 5.95. The Labute approximate surface area is 116 Å². The van der Waals surface area contributed by atoms with Gasteiger partial charge in [0.15, 0.2) is 11.5 Å². The molecule has 0 fully saturated rings. The summed E-state index contributed by atoms with van der Waals surface area (Å²) in [7, 11) is 4.64. The van der Waals surface area contributed by atoms with Gasteiger partial charge in [-0.3, -0.25) is 0 Å². The number of aromatic hydroxyl groups is 1. The standard InChI is InChI=1S/C14H16O4S/c1-16-10-7-6-9(12(15)14(10)18-3)13(17-2)11-5-4-8-19-11/h4-8,13,15H,1-3H3. The number of phenolic OH excluding ortho intramolecular Hbond substituents is 1. The minimum absolute atomic E-state index is 0.0436. The number of ether oxygens (including phenoxy) is 3. The Bertz CT molecular complexity index is 537. The van der Waals surface area contributed by atoms with Crippen molar-refractivity contribution in [2.75, 3.05) is 21.3 Å². The van der Waals surface area contributed by atoms with Gasteiger partial charge in [-0.25, -0.2) is 0 Å². The highest BCUT2D eigenvalue weighted by Gasteiger charge is 2.22. The third kappa shape index (κ3) is 2.52. The molecule has 1 unspecified atom stereocenters. The van der Waals surface area contributed by atoms with Crippen molar-refractivity contribution in [2.45, 2.75) is 6.10 Å². The molecule has 1 aromatic carbocycles. The van der Waals surface area contributed by atoms with Crippen molar-refractivity contribution in [3.05, 3.63) is 40.1 Å². The van der Waals surface area contributed by atoms with E-state index < -0.39 is 0 Å². The van der Waals surface area contributed by atoms with Crippen LogP contribution >= 0.6 is 11.3 Å². The quantitative estimate of drug-likeness (QED) is 0.913. The van der Waals surface area contributed by atoms with Crippen molar-refractivity contribution in [3.8, 4) is 17.2 Å². The fourth-order valence-electron chi connectivity index (χ4n) is 1.97. The van der Waals surface area contributed by atoms with Crippen LogP contribution in [0.3, 0.4) is 0 Å². The van der Waals surface area contributed by atoms with Gasteiger partial charge in [0.25, 0.3) is 0 Å². The molecule has 1 atom stereocenters. The maximum absolute atomic E-state index is 10.3. The molecule has 1 aromatic heterocycles. The van der Waals surface area contributed by atoms with Crippen molar-refractivity contribution in [1.29, 1.82) is 0 Å². The average Bonchev–Trinajstić information content (AvgIpc) is 2.95. The van der Waals surface area contributed by atoms with Crippen LogP contribution in [0.5, 0.6) is 17.2 Å². The molecule has 4 nitrogen and oxygen atoms in total. The first-order valence-electron chi connectivity index (χ1n) is 5.73. The van der Waals surface area contributed by atoms with Gasteiger partial charge in [-0.15, -0.1) is 11.3 Å². The van der Waals surface area contributed by atoms with Crippen molar-refractivity contribution in [3.63, 3.8) is 0 Å². The second-order valence-corrected chi connectivity index (χ2v) is 4.85. The van der Waals surface area contributed by atoms with Crippen molar-refractivity contribution in [2.24, 2.45) is 0 Å². The summed E-state index contributed by atoms with van der Waals surface area (Å²) in [4.78, 5) is 1.02. The summed E-state index contributed by atoms with van der Waals surface area (Å²) >= 11 is 1.57. The number of hydrogen-bond donors (Lipinski definition) is 1. The number of benzene rings is 1. The van der Waals surface area contributed by atoms with Gasteiger partial charge in [0.2, 0.25) is 5.75 Å². The summed E-state index contributed by atoms with van der Waals surface area (Å²) in [5.41, 5.74) is 0.655. The first-order chi connectivity index (χ1) is 9.22. The van der Waals surface area contributed by atoms with E-state index >= 15 is 0 Å². The normalized spacial score (nSPS) is 12.2. The zero-order chi connectivity index (χ0) is 13.8. The predicted molar refractivity (Wildman–Crippen MR) is 74.4 cm³/mol. The van der Waals surface area contributed by atoms with E-state index in [9.17, 15) is 5.11 Å². The molecule has 0 saturated heterocycles. The molecule has 0 aliphatic heterocycles. The zero-order valence-corrected chi connectivity index (χ0v) is 11.9. The molecule has 0 spiro atoms. The monoisotopic (exact) mass is 280 g/mol. The molecule has 5 heteroatoms. The molecular formula is C14H16O4S. The van der Waals surface area contributed by atoms with E-state index in [1.165, 1.54) is 14.2 Å². The van der Waals surface area contributed by atoms with E-state index in [2.05, 4.69) is 0 Å². The Morgan fingerprint density at radius 2 is 1.89 bits per heavy atom. The Hall–Kier alpha value is -1.72. The van der Waals surface area contributed by atoms with Gasteiger partial charge in [-0.05, 0) is 23.6 Å². The predicted octanol–water partition coefficient (Wildman–Crippen LogP) is 3.21. The van der Waals surface area contributed by atoms with Crippen LogP contribution in [0.1, 0.15) is 16.5 Å². The lowest BCUT2D eigenvalue weighted by Crippen LogP contribution is -2.03. The lowest BCUT2D eigenvalue weighted by molar-refractivity contribution is 0.136. The highest BCUT2D eigenvalue weighted by atomic mass is 32.1. The molecular weight excluding hydrogens is 264 g/mol. The van der Waals surface area contributed by atoms with Gasteiger partial charge in [-0.1, -0.05) is 6.07 Å². The van der Waals surface area contributed by atoms with E-state index in [1.807, 2.05) is 17.5 Å². The van der Waals surface area contributed by atoms with E-state index in [4.69, 9.17) is 14.2 Å². The highest BCUT2D eigenvalue weighted by molar-refractivity contribution is 7.10. The molecule has 1 heterocycles. The summed E-state index contributed by atoms with van der Waals surface area (Å²) < 4.78 is 15.8. The first kappa shape index (κ1) is 13.7. The van der Waals surface area contributed by atoms with E-state index in [0.29, 0.717) is 17.1 Å². The lowest BCUT2D eigenvalue weighted by Gasteiger charge is -2.18. The van der Waals surface area contributed by atoms with Crippen LogP contribution in [0.4, 0.5) is 0 Å². The molecule has 19 heavy (non-hydrogen) atoms. The van der Waals surface area contributed by atoms with Crippen molar-refractivity contribution in [1.82, 2.24) is 0 Å². The van der Waals surface area contributed by atoms with Gasteiger partial charge in [0.1, 0.15) is 6.10 Å². The van der Waals surface area contributed by atoms with E-state index in [0.717, 1.165) is 4.88 Å². The summed E-state index contributed by atoms with van der Waals surface area (Å²) in [6.45, 7) is 0. The molecule has 0 saturated carbocycles. The molecule has 0 radical (unpaired) electrons. The number of hydrogen-bond acceptors (Lipinski definition) is 5.